The van der Waals surface area contributed by atoms with Crippen LogP contribution >= 0.6 is 11.8 Å². The van der Waals surface area contributed by atoms with Gasteiger partial charge in [0.1, 0.15) is 19.0 Å². The highest BCUT2D eigenvalue weighted by Crippen LogP contribution is 2.40. The molecular formula is C34H43N5O8S. The van der Waals surface area contributed by atoms with Gasteiger partial charge in [-0.2, -0.15) is 11.8 Å². The van der Waals surface area contributed by atoms with Crippen molar-refractivity contribution in [3.8, 4) is 22.7 Å². The number of esters is 1. The zero-order valence-electron chi connectivity index (χ0n) is 27.4. The van der Waals surface area contributed by atoms with Gasteiger partial charge in [-0.15, -0.1) is 0 Å². The highest BCUT2D eigenvalue weighted by Gasteiger charge is 2.42. The molecule has 0 radical (unpaired) electrons. The smallest absolute Gasteiger partial charge is 0.305 e. The highest BCUT2D eigenvalue weighted by molar-refractivity contribution is 8.00. The van der Waals surface area contributed by atoms with Crippen LogP contribution in [0.4, 0.5) is 11.4 Å². The van der Waals surface area contributed by atoms with Crippen LogP contribution in [0.15, 0.2) is 48.9 Å². The van der Waals surface area contributed by atoms with Crippen LogP contribution < -0.4 is 15.4 Å². The molecule has 3 aromatic rings. The molecule has 0 saturated carbocycles. The van der Waals surface area contributed by atoms with Gasteiger partial charge in [0.25, 0.3) is 5.69 Å². The molecule has 48 heavy (non-hydrogen) atoms. The van der Waals surface area contributed by atoms with E-state index in [-0.39, 0.29) is 24.2 Å². The summed E-state index contributed by atoms with van der Waals surface area (Å²) in [6, 6.07) is 10.8. The third-order valence-electron chi connectivity index (χ3n) is 8.45. The number of fused-ring (bicyclic) bond motifs is 1. The molecule has 2 saturated heterocycles. The fourth-order valence-corrected chi connectivity index (χ4v) is 7.63. The largest absolute Gasteiger partial charge is 0.490 e. The minimum atomic E-state index is -0.424. The lowest BCUT2D eigenvalue weighted by atomic mass is 9.94. The number of aryl methyl sites for hydroxylation is 1. The van der Waals surface area contributed by atoms with Crippen molar-refractivity contribution < 1.29 is 33.5 Å². The van der Waals surface area contributed by atoms with E-state index in [4.69, 9.17) is 18.9 Å². The number of nitrogens with zero attached hydrogens (tertiary/aromatic N) is 3. The second-order valence-corrected chi connectivity index (χ2v) is 13.1. The second kappa shape index (κ2) is 17.3. The maximum absolute atomic E-state index is 12.0. The number of benzene rings is 2. The Morgan fingerprint density at radius 3 is 2.69 bits per heavy atom. The van der Waals surface area contributed by atoms with Gasteiger partial charge < -0.3 is 34.1 Å². The van der Waals surface area contributed by atoms with Gasteiger partial charge in [-0.3, -0.25) is 19.7 Å². The molecule has 2 aromatic carbocycles. The number of non-ortho nitro benzene ring substituents is 1. The van der Waals surface area contributed by atoms with E-state index in [1.807, 2.05) is 43.1 Å². The number of unbranched alkanes of at least 4 members (excludes halogenated alkanes) is 1. The summed E-state index contributed by atoms with van der Waals surface area (Å²) in [6.07, 6.45) is 7.24. The lowest BCUT2D eigenvalue weighted by Gasteiger charge is -2.15. The third-order valence-corrected chi connectivity index (χ3v) is 10.0. The summed E-state index contributed by atoms with van der Waals surface area (Å²) in [7, 11) is 1.76. The Morgan fingerprint density at radius 1 is 1.10 bits per heavy atom. The summed E-state index contributed by atoms with van der Waals surface area (Å²) in [5, 5.41) is 18.0. The fraction of sp³-hybridized carbons (Fsp3) is 0.500. The number of hydrogen-bond donors (Lipinski definition) is 2. The quantitative estimate of drug-likeness (QED) is 0.0765. The molecule has 2 aliphatic heterocycles. The van der Waals surface area contributed by atoms with Gasteiger partial charge in [0.2, 0.25) is 5.91 Å². The van der Waals surface area contributed by atoms with E-state index < -0.39 is 4.92 Å². The summed E-state index contributed by atoms with van der Waals surface area (Å²) in [5.74, 6) is 2.05. The normalized spacial score (nSPS) is 18.4. The van der Waals surface area contributed by atoms with Crippen molar-refractivity contribution in [2.24, 2.45) is 5.92 Å². The van der Waals surface area contributed by atoms with Gasteiger partial charge in [0.05, 0.1) is 54.7 Å². The molecule has 5 rings (SSSR count). The van der Waals surface area contributed by atoms with E-state index in [0.29, 0.717) is 80.2 Å². The van der Waals surface area contributed by atoms with Gasteiger partial charge >= 0.3 is 5.97 Å². The highest BCUT2D eigenvalue weighted by atomic mass is 32.2. The van der Waals surface area contributed by atoms with Crippen molar-refractivity contribution in [2.45, 2.75) is 50.3 Å². The third kappa shape index (κ3) is 9.48. The number of rotatable bonds is 19. The van der Waals surface area contributed by atoms with Gasteiger partial charge in [-0.1, -0.05) is 12.5 Å². The number of nitrogens with one attached hydrogen (secondary N) is 2. The first kappa shape index (κ1) is 35.2. The van der Waals surface area contributed by atoms with E-state index in [9.17, 15) is 19.7 Å². The zero-order valence-corrected chi connectivity index (χ0v) is 28.2. The molecule has 3 heterocycles. The predicted octanol–water partition coefficient (Wildman–Crippen LogP) is 4.93. The lowest BCUT2D eigenvalue weighted by molar-refractivity contribution is -0.384. The standard InChI is InChI=1S/C34H43N5O8S/c1-23-7-9-25(28-20-38(22-36-28)30-18-24(39(42)43)8-10-27(30)35-2)31(17-23)46-15-13-44-11-12-45-14-16-47-34(41)6-4-3-5-32-26-19-33(40)37-29(26)21-48-32/h7-10,17-18,20,22,26,29,32,35H,3-6,11-16,19,21H2,1-2H3,(H,37,40)/t26-,29-,32-/m0/s1. The molecule has 2 N–H and O–H groups in total. The van der Waals surface area contributed by atoms with Crippen molar-refractivity contribution >= 4 is 35.0 Å². The summed E-state index contributed by atoms with van der Waals surface area (Å²) in [5.41, 5.74) is 3.81. The Balaban J connectivity index is 0.951. The van der Waals surface area contributed by atoms with Crippen LogP contribution in [0.3, 0.4) is 0 Å². The number of ether oxygens (including phenoxy) is 4. The van der Waals surface area contributed by atoms with Crippen LogP contribution in [0.2, 0.25) is 0 Å². The predicted molar refractivity (Wildman–Crippen MR) is 183 cm³/mol. The average molecular weight is 682 g/mol. The Bertz CT molecular complexity index is 1570. The molecule has 1 aromatic heterocycles. The number of carbonyl (C=O) groups excluding carboxylic acids is 2. The number of imidazole rings is 1. The molecule has 2 fully saturated rings. The number of nitro benzene ring substituents is 1. The Morgan fingerprint density at radius 2 is 1.90 bits per heavy atom. The lowest BCUT2D eigenvalue weighted by Crippen LogP contribution is -2.29. The zero-order chi connectivity index (χ0) is 33.9. The molecule has 0 bridgehead atoms. The number of thioether (sulfide) groups is 1. The summed E-state index contributed by atoms with van der Waals surface area (Å²) < 4.78 is 24.3. The molecule has 258 valence electrons. The molecule has 14 heteroatoms. The van der Waals surface area contributed by atoms with Crippen molar-refractivity contribution in [2.75, 3.05) is 57.8 Å². The number of aromatic nitrogens is 2. The van der Waals surface area contributed by atoms with E-state index in [0.717, 1.165) is 41.8 Å². The monoisotopic (exact) mass is 681 g/mol. The van der Waals surface area contributed by atoms with Crippen LogP contribution in [0, 0.1) is 23.0 Å². The first-order valence-corrected chi connectivity index (χ1v) is 17.3. The summed E-state index contributed by atoms with van der Waals surface area (Å²) >= 11 is 1.94. The number of nitro groups is 1. The minimum Gasteiger partial charge on any atom is -0.490 e. The van der Waals surface area contributed by atoms with Gasteiger partial charge in [0, 0.05) is 66.7 Å². The Labute approximate surface area is 284 Å². The molecule has 0 spiro atoms. The van der Waals surface area contributed by atoms with E-state index >= 15 is 0 Å². The second-order valence-electron chi connectivity index (χ2n) is 11.8. The molecule has 13 nitrogen and oxygen atoms in total. The van der Waals surface area contributed by atoms with E-state index in [1.165, 1.54) is 12.1 Å². The van der Waals surface area contributed by atoms with Crippen molar-refractivity contribution in [3.63, 3.8) is 0 Å². The van der Waals surface area contributed by atoms with Gasteiger partial charge in [-0.05, 0) is 43.5 Å². The molecule has 3 atom stereocenters. The summed E-state index contributed by atoms with van der Waals surface area (Å²) in [4.78, 5) is 39.1. The molecule has 1 amide bonds. The fourth-order valence-electron chi connectivity index (χ4n) is 5.98. The average Bonchev–Trinajstić information content (AvgIpc) is 3.80. The van der Waals surface area contributed by atoms with E-state index in [2.05, 4.69) is 15.6 Å². The van der Waals surface area contributed by atoms with Crippen LogP contribution in [-0.2, 0) is 23.8 Å². The number of carbonyl (C=O) groups is 2. The molecule has 2 aliphatic rings. The topological polar surface area (TPSA) is 156 Å². The Kier molecular flexibility index (Phi) is 12.7. The SMILES string of the molecule is CNc1ccc([N+](=O)[O-])cc1-n1cnc(-c2ccc(C)cc2OCCOCCOCCOC(=O)CCCC[C@@H]2SC[C@@H]3NC(=O)C[C@@H]32)c1. The van der Waals surface area contributed by atoms with Crippen LogP contribution in [0.1, 0.15) is 37.7 Å². The number of hydrogen-bond acceptors (Lipinski definition) is 11. The minimum absolute atomic E-state index is 0.00994. The van der Waals surface area contributed by atoms with Crippen molar-refractivity contribution in [1.82, 2.24) is 14.9 Å². The molecular weight excluding hydrogens is 638 g/mol. The van der Waals surface area contributed by atoms with Crippen LogP contribution in [-0.4, -0.2) is 90.1 Å². The molecule has 0 aliphatic carbocycles. The van der Waals surface area contributed by atoms with Crippen molar-refractivity contribution in [3.05, 3.63) is 64.6 Å². The maximum Gasteiger partial charge on any atom is 0.305 e. The Hall–Kier alpha value is -4.14. The molecule has 0 unspecified atom stereocenters. The van der Waals surface area contributed by atoms with Crippen molar-refractivity contribution in [1.29, 1.82) is 0 Å². The first-order chi connectivity index (χ1) is 23.3. The van der Waals surface area contributed by atoms with Crippen LogP contribution in [0.5, 0.6) is 5.75 Å². The number of anilines is 1. The van der Waals surface area contributed by atoms with Crippen LogP contribution in [0.25, 0.3) is 16.9 Å². The van der Waals surface area contributed by atoms with Gasteiger partial charge in [0.15, 0.2) is 0 Å². The van der Waals surface area contributed by atoms with Gasteiger partial charge in [-0.25, -0.2) is 4.98 Å². The van der Waals surface area contributed by atoms with E-state index in [1.54, 1.807) is 24.0 Å². The summed E-state index contributed by atoms with van der Waals surface area (Å²) in [6.45, 7) is 3.91. The maximum atomic E-state index is 12.0. The first-order valence-electron chi connectivity index (χ1n) is 16.3. The number of amides is 1.